The van der Waals surface area contributed by atoms with Gasteiger partial charge >= 0.3 is 0 Å². The highest BCUT2D eigenvalue weighted by Crippen LogP contribution is 2.34. The van der Waals surface area contributed by atoms with Gasteiger partial charge in [-0.2, -0.15) is 0 Å². The van der Waals surface area contributed by atoms with Crippen molar-refractivity contribution in [2.45, 2.75) is 55.7 Å². The number of nitrogens with zero attached hydrogens (tertiary/aromatic N) is 3. The molecule has 136 valence electrons. The zero-order valence-corrected chi connectivity index (χ0v) is 16.4. The molecule has 0 saturated heterocycles. The number of hydrogen-bond acceptors (Lipinski definition) is 4. The Hall–Kier alpha value is -2.34. The largest absolute Gasteiger partial charge is 0.325 e. The fourth-order valence-corrected chi connectivity index (χ4v) is 3.59. The average Bonchev–Trinajstić information content (AvgIpc) is 3.00. The molecule has 0 atom stereocenters. The molecule has 0 aliphatic carbocycles. The summed E-state index contributed by atoms with van der Waals surface area (Å²) in [5.41, 5.74) is 1.59. The summed E-state index contributed by atoms with van der Waals surface area (Å²) in [5, 5.41) is 11.6. The summed E-state index contributed by atoms with van der Waals surface area (Å²) in [6.07, 6.45) is 3.42. The smallest absolute Gasteiger partial charge is 0.224 e. The molecule has 26 heavy (non-hydrogen) atoms. The molecule has 1 amide bonds. The first kappa shape index (κ1) is 18.5. The summed E-state index contributed by atoms with van der Waals surface area (Å²) in [5.74, 6) is 0.976. The number of amides is 1. The monoisotopic (exact) mass is 368 g/mol. The molecule has 0 bridgehead atoms. The minimum absolute atomic E-state index is 0.0461. The number of nitrogens with one attached hydrogen (secondary N) is 1. The molecular weight excluding hydrogens is 344 g/mol. The van der Waals surface area contributed by atoms with Crippen molar-refractivity contribution in [3.8, 4) is 0 Å². The molecule has 0 saturated carbocycles. The fraction of sp³-hybridized carbons (Fsp3) is 0.350. The summed E-state index contributed by atoms with van der Waals surface area (Å²) < 4.78 is 2.04. The van der Waals surface area contributed by atoms with Crippen LogP contribution in [-0.4, -0.2) is 20.5 Å². The standard InChI is InChI=1S/C20H24N4OS/c1-5-8-18(25)21-15-9-6-7-10-16(15)26-14-11-12-17-22-23-19(20(2,3)4)24(17)13-14/h6-7,9-13H,5,8H2,1-4H3,(H,21,25). The van der Waals surface area contributed by atoms with E-state index in [1.165, 1.54) is 0 Å². The van der Waals surface area contributed by atoms with E-state index < -0.39 is 0 Å². The topological polar surface area (TPSA) is 59.3 Å². The number of anilines is 1. The Morgan fingerprint density at radius 2 is 1.92 bits per heavy atom. The van der Waals surface area contributed by atoms with Crippen molar-refractivity contribution in [3.63, 3.8) is 0 Å². The van der Waals surface area contributed by atoms with Gasteiger partial charge in [-0.1, -0.05) is 51.6 Å². The summed E-state index contributed by atoms with van der Waals surface area (Å²) in [7, 11) is 0. The van der Waals surface area contributed by atoms with Gasteiger partial charge in [0.25, 0.3) is 0 Å². The zero-order chi connectivity index (χ0) is 18.7. The summed E-state index contributed by atoms with van der Waals surface area (Å²) in [4.78, 5) is 14.1. The highest BCUT2D eigenvalue weighted by molar-refractivity contribution is 7.99. The molecule has 5 nitrogen and oxygen atoms in total. The van der Waals surface area contributed by atoms with Crippen LogP contribution in [0.3, 0.4) is 0 Å². The van der Waals surface area contributed by atoms with Crippen LogP contribution in [0.2, 0.25) is 0 Å². The number of fused-ring (bicyclic) bond motifs is 1. The first-order valence-electron chi connectivity index (χ1n) is 8.80. The van der Waals surface area contributed by atoms with E-state index in [1.807, 2.05) is 47.7 Å². The second-order valence-electron chi connectivity index (χ2n) is 7.26. The van der Waals surface area contributed by atoms with Gasteiger partial charge in [0, 0.05) is 27.8 Å². The Morgan fingerprint density at radius 3 is 2.65 bits per heavy atom. The molecule has 0 unspecified atom stereocenters. The molecule has 0 aliphatic heterocycles. The van der Waals surface area contributed by atoms with E-state index in [0.29, 0.717) is 6.42 Å². The van der Waals surface area contributed by atoms with Gasteiger partial charge < -0.3 is 5.32 Å². The fourth-order valence-electron chi connectivity index (χ4n) is 2.67. The molecule has 0 aliphatic rings. The Labute approximate surface area is 158 Å². The highest BCUT2D eigenvalue weighted by Gasteiger charge is 2.21. The quantitative estimate of drug-likeness (QED) is 0.695. The summed E-state index contributed by atoms with van der Waals surface area (Å²) >= 11 is 1.62. The molecule has 0 spiro atoms. The van der Waals surface area contributed by atoms with Crippen molar-refractivity contribution >= 4 is 29.0 Å². The Balaban J connectivity index is 1.91. The molecule has 2 aromatic heterocycles. The van der Waals surface area contributed by atoms with Gasteiger partial charge in [0.2, 0.25) is 5.91 Å². The number of para-hydroxylation sites is 1. The van der Waals surface area contributed by atoms with E-state index in [-0.39, 0.29) is 11.3 Å². The number of benzene rings is 1. The van der Waals surface area contributed by atoms with E-state index in [2.05, 4.69) is 42.5 Å². The lowest BCUT2D eigenvalue weighted by atomic mass is 9.96. The third-order valence-electron chi connectivity index (χ3n) is 3.91. The molecule has 1 N–H and O–H groups in total. The third kappa shape index (κ3) is 4.07. The second-order valence-corrected chi connectivity index (χ2v) is 8.38. The zero-order valence-electron chi connectivity index (χ0n) is 15.6. The van der Waals surface area contributed by atoms with E-state index in [9.17, 15) is 4.79 Å². The van der Waals surface area contributed by atoms with Gasteiger partial charge in [-0.3, -0.25) is 9.20 Å². The molecule has 1 aromatic carbocycles. The normalized spacial score (nSPS) is 11.7. The molecule has 3 aromatic rings. The van der Waals surface area contributed by atoms with Gasteiger partial charge in [-0.15, -0.1) is 10.2 Å². The highest BCUT2D eigenvalue weighted by atomic mass is 32.2. The first-order chi connectivity index (χ1) is 12.4. The number of carbonyl (C=O) groups excluding carboxylic acids is 1. The van der Waals surface area contributed by atoms with Crippen LogP contribution in [0.25, 0.3) is 5.65 Å². The van der Waals surface area contributed by atoms with Crippen molar-refractivity contribution in [3.05, 3.63) is 48.4 Å². The summed E-state index contributed by atoms with van der Waals surface area (Å²) in [6, 6.07) is 11.9. The minimum atomic E-state index is -0.0886. The molecular formula is C20H24N4OS. The van der Waals surface area contributed by atoms with Gasteiger partial charge in [-0.05, 0) is 30.7 Å². The Bertz CT molecular complexity index is 927. The third-order valence-corrected chi connectivity index (χ3v) is 4.97. The maximum Gasteiger partial charge on any atom is 0.224 e. The van der Waals surface area contributed by atoms with E-state index in [1.54, 1.807) is 11.8 Å². The van der Waals surface area contributed by atoms with Gasteiger partial charge in [0.05, 0.1) is 5.69 Å². The average molecular weight is 369 g/mol. The van der Waals surface area contributed by atoms with Crippen molar-refractivity contribution in [2.24, 2.45) is 0 Å². The SMILES string of the molecule is CCCC(=O)Nc1ccccc1Sc1ccc2nnc(C(C)(C)C)n2c1. The van der Waals surface area contributed by atoms with Crippen LogP contribution in [0.1, 0.15) is 46.4 Å². The van der Waals surface area contributed by atoms with Gasteiger partial charge in [0.15, 0.2) is 5.65 Å². The maximum absolute atomic E-state index is 12.0. The van der Waals surface area contributed by atoms with Gasteiger partial charge in [-0.25, -0.2) is 0 Å². The van der Waals surface area contributed by atoms with Crippen LogP contribution in [-0.2, 0) is 10.2 Å². The van der Waals surface area contributed by atoms with E-state index >= 15 is 0 Å². The first-order valence-corrected chi connectivity index (χ1v) is 9.62. The molecule has 3 rings (SSSR count). The van der Waals surface area contributed by atoms with Crippen LogP contribution >= 0.6 is 11.8 Å². The Kier molecular flexibility index (Phi) is 5.32. The summed E-state index contributed by atoms with van der Waals surface area (Å²) in [6.45, 7) is 8.38. The van der Waals surface area contributed by atoms with Crippen LogP contribution in [0, 0.1) is 0 Å². The van der Waals surface area contributed by atoms with Crippen LogP contribution in [0.4, 0.5) is 5.69 Å². The predicted octanol–water partition coefficient (Wildman–Crippen LogP) is 4.92. The van der Waals surface area contributed by atoms with Gasteiger partial charge in [0.1, 0.15) is 5.82 Å². The Morgan fingerprint density at radius 1 is 1.15 bits per heavy atom. The van der Waals surface area contributed by atoms with Crippen LogP contribution in [0.5, 0.6) is 0 Å². The molecule has 6 heteroatoms. The van der Waals surface area contributed by atoms with Crippen LogP contribution in [0.15, 0.2) is 52.4 Å². The van der Waals surface area contributed by atoms with Crippen molar-refractivity contribution in [1.29, 1.82) is 0 Å². The lowest BCUT2D eigenvalue weighted by Crippen LogP contribution is -2.15. The lowest BCUT2D eigenvalue weighted by Gasteiger charge is -2.16. The number of aromatic nitrogens is 3. The molecule has 0 radical (unpaired) electrons. The molecule has 2 heterocycles. The number of hydrogen-bond donors (Lipinski definition) is 1. The van der Waals surface area contributed by atoms with Crippen molar-refractivity contribution in [2.75, 3.05) is 5.32 Å². The minimum Gasteiger partial charge on any atom is -0.325 e. The maximum atomic E-state index is 12.0. The molecule has 0 fully saturated rings. The number of rotatable bonds is 5. The van der Waals surface area contributed by atoms with Crippen molar-refractivity contribution < 1.29 is 4.79 Å². The predicted molar refractivity (Wildman–Crippen MR) is 106 cm³/mol. The lowest BCUT2D eigenvalue weighted by molar-refractivity contribution is -0.116. The number of carbonyl (C=O) groups is 1. The second kappa shape index (κ2) is 7.50. The van der Waals surface area contributed by atoms with E-state index in [0.717, 1.165) is 33.4 Å². The van der Waals surface area contributed by atoms with E-state index in [4.69, 9.17) is 0 Å². The van der Waals surface area contributed by atoms with Crippen molar-refractivity contribution in [1.82, 2.24) is 14.6 Å². The van der Waals surface area contributed by atoms with Crippen LogP contribution < -0.4 is 5.32 Å². The number of pyridine rings is 1.